The molecular formula is C10H14BrNO4S. The van der Waals surface area contributed by atoms with Gasteiger partial charge in [-0.3, -0.25) is 0 Å². The molecule has 1 aromatic rings. The molecule has 1 aromatic carbocycles. The largest absolute Gasteiger partial charge is 0.394 e. The first-order valence-electron chi connectivity index (χ1n) is 5.00. The van der Waals surface area contributed by atoms with Crippen LogP contribution < -0.4 is 4.72 Å². The van der Waals surface area contributed by atoms with Gasteiger partial charge in [0.25, 0.3) is 0 Å². The number of aliphatic hydroxyl groups is 1. The Balaban J connectivity index is 2.48. The molecule has 1 rings (SSSR count). The summed E-state index contributed by atoms with van der Waals surface area (Å²) in [6.07, 6.45) is 0. The van der Waals surface area contributed by atoms with Crippen molar-refractivity contribution in [3.8, 4) is 0 Å². The topological polar surface area (TPSA) is 75.6 Å². The molecule has 96 valence electrons. The molecule has 0 aliphatic heterocycles. The standard InChI is InChI=1S/C10H14BrNO4S/c11-9-1-3-10(4-2-9)17(14,15)12-5-7-16-8-6-13/h1-4,12-13H,5-8H2. The van der Waals surface area contributed by atoms with Crippen LogP contribution in [0.4, 0.5) is 0 Å². The lowest BCUT2D eigenvalue weighted by molar-refractivity contribution is 0.0961. The minimum absolute atomic E-state index is 0.0700. The quantitative estimate of drug-likeness (QED) is 0.725. The average Bonchev–Trinajstić information content (AvgIpc) is 2.29. The summed E-state index contributed by atoms with van der Waals surface area (Å²) in [5.74, 6) is 0. The van der Waals surface area contributed by atoms with Crippen LogP contribution in [0, 0.1) is 0 Å². The van der Waals surface area contributed by atoms with E-state index < -0.39 is 10.0 Å². The fourth-order valence-corrected chi connectivity index (χ4v) is 2.39. The summed E-state index contributed by atoms with van der Waals surface area (Å²) in [5, 5.41) is 8.46. The van der Waals surface area contributed by atoms with Crippen LogP contribution in [-0.2, 0) is 14.8 Å². The molecule has 0 atom stereocenters. The number of rotatable bonds is 7. The Morgan fingerprint density at radius 3 is 2.47 bits per heavy atom. The monoisotopic (exact) mass is 323 g/mol. The maximum Gasteiger partial charge on any atom is 0.240 e. The van der Waals surface area contributed by atoms with Crippen LogP contribution in [0.5, 0.6) is 0 Å². The van der Waals surface area contributed by atoms with Crippen molar-refractivity contribution in [2.24, 2.45) is 0 Å². The van der Waals surface area contributed by atoms with Gasteiger partial charge in [-0.1, -0.05) is 15.9 Å². The van der Waals surface area contributed by atoms with Gasteiger partial charge in [0.15, 0.2) is 0 Å². The lowest BCUT2D eigenvalue weighted by atomic mass is 10.4. The Hall–Kier alpha value is -0.470. The van der Waals surface area contributed by atoms with E-state index in [9.17, 15) is 8.42 Å². The highest BCUT2D eigenvalue weighted by molar-refractivity contribution is 9.10. The minimum Gasteiger partial charge on any atom is -0.394 e. The van der Waals surface area contributed by atoms with E-state index in [1.165, 1.54) is 12.1 Å². The highest BCUT2D eigenvalue weighted by Crippen LogP contribution is 2.14. The van der Waals surface area contributed by atoms with Gasteiger partial charge in [-0.2, -0.15) is 0 Å². The van der Waals surface area contributed by atoms with Crippen molar-refractivity contribution in [1.82, 2.24) is 4.72 Å². The van der Waals surface area contributed by atoms with E-state index in [2.05, 4.69) is 20.7 Å². The summed E-state index contributed by atoms with van der Waals surface area (Å²) >= 11 is 3.23. The molecular weight excluding hydrogens is 310 g/mol. The molecule has 7 heteroatoms. The SMILES string of the molecule is O=S(=O)(NCCOCCO)c1ccc(Br)cc1. The Labute approximate surface area is 109 Å². The molecule has 0 unspecified atom stereocenters. The summed E-state index contributed by atoms with van der Waals surface area (Å²) < 4.78 is 31.7. The second-order valence-corrected chi connectivity index (χ2v) is 5.87. The normalized spacial score (nSPS) is 11.6. The van der Waals surface area contributed by atoms with Crippen molar-refractivity contribution in [1.29, 1.82) is 0 Å². The number of aliphatic hydroxyl groups excluding tert-OH is 1. The number of hydrogen-bond acceptors (Lipinski definition) is 4. The van der Waals surface area contributed by atoms with Gasteiger partial charge in [0.05, 0.1) is 24.7 Å². The number of halogens is 1. The molecule has 0 saturated carbocycles. The van der Waals surface area contributed by atoms with Gasteiger partial charge >= 0.3 is 0 Å². The fraction of sp³-hybridized carbons (Fsp3) is 0.400. The summed E-state index contributed by atoms with van der Waals surface area (Å²) in [4.78, 5) is 0.211. The maximum atomic E-state index is 11.7. The van der Waals surface area contributed by atoms with Gasteiger partial charge in [0.2, 0.25) is 10.0 Å². The number of ether oxygens (including phenoxy) is 1. The van der Waals surface area contributed by atoms with Gasteiger partial charge in [0.1, 0.15) is 0 Å². The second kappa shape index (κ2) is 7.07. The van der Waals surface area contributed by atoms with Gasteiger partial charge in [0, 0.05) is 11.0 Å². The zero-order chi connectivity index (χ0) is 12.7. The van der Waals surface area contributed by atoms with E-state index in [0.29, 0.717) is 0 Å². The molecule has 0 amide bonds. The summed E-state index contributed by atoms with van der Waals surface area (Å²) in [7, 11) is -3.48. The van der Waals surface area contributed by atoms with Crippen LogP contribution >= 0.6 is 15.9 Å². The molecule has 0 aromatic heterocycles. The fourth-order valence-electron chi connectivity index (χ4n) is 1.11. The van der Waals surface area contributed by atoms with E-state index in [-0.39, 0.29) is 31.3 Å². The molecule has 0 heterocycles. The van der Waals surface area contributed by atoms with E-state index in [0.717, 1.165) is 4.47 Å². The number of nitrogens with one attached hydrogen (secondary N) is 1. The number of hydrogen-bond donors (Lipinski definition) is 2. The maximum absolute atomic E-state index is 11.7. The zero-order valence-electron chi connectivity index (χ0n) is 9.10. The number of sulfonamides is 1. The van der Waals surface area contributed by atoms with Gasteiger partial charge in [-0.05, 0) is 24.3 Å². The number of benzene rings is 1. The third kappa shape index (κ3) is 5.13. The molecule has 0 radical (unpaired) electrons. The first kappa shape index (κ1) is 14.6. The van der Waals surface area contributed by atoms with Gasteiger partial charge in [-0.25, -0.2) is 13.1 Å². The van der Waals surface area contributed by atoms with Crippen molar-refractivity contribution in [2.45, 2.75) is 4.90 Å². The van der Waals surface area contributed by atoms with Crippen molar-refractivity contribution in [3.05, 3.63) is 28.7 Å². The van der Waals surface area contributed by atoms with Crippen LogP contribution in [0.25, 0.3) is 0 Å². The Kier molecular flexibility index (Phi) is 6.07. The lowest BCUT2D eigenvalue weighted by Gasteiger charge is -2.07. The molecule has 0 spiro atoms. The van der Waals surface area contributed by atoms with Crippen LogP contribution in [0.1, 0.15) is 0 Å². The van der Waals surface area contributed by atoms with Crippen molar-refractivity contribution in [3.63, 3.8) is 0 Å². The van der Waals surface area contributed by atoms with Gasteiger partial charge < -0.3 is 9.84 Å². The molecule has 0 fully saturated rings. The van der Waals surface area contributed by atoms with Crippen LogP contribution in [-0.4, -0.2) is 39.9 Å². The molecule has 2 N–H and O–H groups in total. The first-order valence-corrected chi connectivity index (χ1v) is 7.28. The van der Waals surface area contributed by atoms with E-state index in [1.807, 2.05) is 0 Å². The summed E-state index contributed by atoms with van der Waals surface area (Å²) in [5.41, 5.74) is 0. The Morgan fingerprint density at radius 1 is 1.24 bits per heavy atom. The van der Waals surface area contributed by atoms with Crippen molar-refractivity contribution >= 4 is 26.0 Å². The van der Waals surface area contributed by atoms with E-state index in [4.69, 9.17) is 9.84 Å². The highest BCUT2D eigenvalue weighted by atomic mass is 79.9. The second-order valence-electron chi connectivity index (χ2n) is 3.19. The van der Waals surface area contributed by atoms with E-state index >= 15 is 0 Å². The third-order valence-corrected chi connectivity index (χ3v) is 3.90. The predicted octanol–water partition coefficient (Wildman–Crippen LogP) is 0.736. The molecule has 0 saturated heterocycles. The highest BCUT2D eigenvalue weighted by Gasteiger charge is 2.12. The smallest absolute Gasteiger partial charge is 0.240 e. The Morgan fingerprint density at radius 2 is 1.88 bits per heavy atom. The van der Waals surface area contributed by atoms with Gasteiger partial charge in [-0.15, -0.1) is 0 Å². The molecule has 5 nitrogen and oxygen atoms in total. The first-order chi connectivity index (χ1) is 8.06. The summed E-state index contributed by atoms with van der Waals surface area (Å²) in [6.45, 7) is 0.550. The minimum atomic E-state index is -3.48. The van der Waals surface area contributed by atoms with Crippen molar-refractivity contribution < 1.29 is 18.3 Å². The molecule has 0 aliphatic rings. The zero-order valence-corrected chi connectivity index (χ0v) is 11.5. The lowest BCUT2D eigenvalue weighted by Crippen LogP contribution is -2.27. The van der Waals surface area contributed by atoms with Crippen molar-refractivity contribution in [2.75, 3.05) is 26.4 Å². The molecule has 0 aliphatic carbocycles. The van der Waals surface area contributed by atoms with Crippen LogP contribution in [0.15, 0.2) is 33.6 Å². The van der Waals surface area contributed by atoms with E-state index in [1.54, 1.807) is 12.1 Å². The summed E-state index contributed by atoms with van der Waals surface area (Å²) in [6, 6.07) is 6.36. The molecule has 0 bridgehead atoms. The van der Waals surface area contributed by atoms with Crippen LogP contribution in [0.2, 0.25) is 0 Å². The molecule has 17 heavy (non-hydrogen) atoms. The third-order valence-electron chi connectivity index (χ3n) is 1.90. The van der Waals surface area contributed by atoms with Crippen LogP contribution in [0.3, 0.4) is 0 Å². The Bertz CT molecular complexity index is 432. The average molecular weight is 324 g/mol. The predicted molar refractivity (Wildman–Crippen MR) is 67.2 cm³/mol.